The van der Waals surface area contributed by atoms with Gasteiger partial charge in [0.15, 0.2) is 11.5 Å². The lowest BCUT2D eigenvalue weighted by Crippen LogP contribution is -2.27. The number of halogens is 3. The summed E-state index contributed by atoms with van der Waals surface area (Å²) in [7, 11) is 0. The standard InChI is InChI=1S/C26H19F3N2O6S/c1-2-36-22-12-17(13-23-24(32)30(25(33)38-23)15-16-6-4-3-5-7-16)8-10-21(22)37-20-11-9-18(26(27,28)29)14-19(20)31(34)35/h3-14H,2,15H2,1H3/b23-13+. The number of nitrogens with zero attached hydrogens (tertiary/aromatic N) is 2. The molecular formula is C26H19F3N2O6S. The number of carbonyl (C=O) groups is 2. The number of nitro groups is 1. The Balaban J connectivity index is 1.60. The molecule has 1 heterocycles. The van der Waals surface area contributed by atoms with E-state index in [-0.39, 0.29) is 29.6 Å². The van der Waals surface area contributed by atoms with Crippen LogP contribution in [0.5, 0.6) is 17.2 Å². The van der Waals surface area contributed by atoms with E-state index >= 15 is 0 Å². The van der Waals surface area contributed by atoms with Crippen molar-refractivity contribution in [3.8, 4) is 17.2 Å². The van der Waals surface area contributed by atoms with Crippen LogP contribution in [0.4, 0.5) is 23.7 Å². The lowest BCUT2D eigenvalue weighted by atomic mass is 10.1. The molecule has 4 rings (SSSR count). The minimum absolute atomic E-state index is 0.0176. The molecule has 8 nitrogen and oxygen atoms in total. The molecular weight excluding hydrogens is 525 g/mol. The summed E-state index contributed by atoms with van der Waals surface area (Å²) in [6.07, 6.45) is -3.26. The molecule has 0 spiro atoms. The predicted molar refractivity (Wildman–Crippen MR) is 134 cm³/mol. The zero-order valence-electron chi connectivity index (χ0n) is 19.7. The van der Waals surface area contributed by atoms with E-state index in [2.05, 4.69) is 0 Å². The summed E-state index contributed by atoms with van der Waals surface area (Å²) in [5.41, 5.74) is -0.766. The highest BCUT2D eigenvalue weighted by molar-refractivity contribution is 8.18. The van der Waals surface area contributed by atoms with Gasteiger partial charge in [0.05, 0.1) is 28.5 Å². The van der Waals surface area contributed by atoms with Gasteiger partial charge >= 0.3 is 11.9 Å². The van der Waals surface area contributed by atoms with Crippen LogP contribution < -0.4 is 9.47 Å². The van der Waals surface area contributed by atoms with E-state index in [1.807, 2.05) is 18.2 Å². The molecule has 0 unspecified atom stereocenters. The van der Waals surface area contributed by atoms with E-state index in [1.165, 1.54) is 24.3 Å². The number of alkyl halides is 3. The number of rotatable bonds is 8. The zero-order valence-corrected chi connectivity index (χ0v) is 20.5. The van der Waals surface area contributed by atoms with Gasteiger partial charge in [0, 0.05) is 6.07 Å². The van der Waals surface area contributed by atoms with Crippen LogP contribution in [0, 0.1) is 10.1 Å². The van der Waals surface area contributed by atoms with E-state index in [4.69, 9.17) is 9.47 Å². The summed E-state index contributed by atoms with van der Waals surface area (Å²) >= 11 is 0.790. The summed E-state index contributed by atoms with van der Waals surface area (Å²) in [5, 5.41) is 11.0. The van der Waals surface area contributed by atoms with Crippen molar-refractivity contribution in [2.24, 2.45) is 0 Å². The van der Waals surface area contributed by atoms with Crippen molar-refractivity contribution < 1.29 is 37.2 Å². The lowest BCUT2D eigenvalue weighted by molar-refractivity contribution is -0.385. The smallest absolute Gasteiger partial charge is 0.416 e. The number of amides is 2. The quantitative estimate of drug-likeness (QED) is 0.170. The summed E-state index contributed by atoms with van der Waals surface area (Å²) in [6, 6.07) is 15.4. The minimum atomic E-state index is -4.76. The number of hydrogen-bond acceptors (Lipinski definition) is 7. The van der Waals surface area contributed by atoms with Crippen LogP contribution >= 0.6 is 11.8 Å². The Bertz CT molecular complexity index is 1430. The van der Waals surface area contributed by atoms with Crippen molar-refractivity contribution >= 4 is 34.7 Å². The van der Waals surface area contributed by atoms with Gasteiger partial charge in [-0.3, -0.25) is 24.6 Å². The zero-order chi connectivity index (χ0) is 27.4. The van der Waals surface area contributed by atoms with Gasteiger partial charge < -0.3 is 9.47 Å². The molecule has 1 saturated heterocycles. The SMILES string of the molecule is CCOc1cc(/C=C2/SC(=O)N(Cc3ccccc3)C2=O)ccc1Oc1ccc(C(F)(F)F)cc1[N+](=O)[O-]. The molecule has 0 radical (unpaired) electrons. The Kier molecular flexibility index (Phi) is 7.72. The molecule has 38 heavy (non-hydrogen) atoms. The van der Waals surface area contributed by atoms with Gasteiger partial charge in [-0.15, -0.1) is 0 Å². The average Bonchev–Trinajstić information content (AvgIpc) is 3.13. The molecule has 3 aromatic rings. The second-order valence-corrected chi connectivity index (χ2v) is 8.93. The molecule has 0 saturated carbocycles. The number of benzene rings is 3. The Labute approximate surface area is 218 Å². The maximum Gasteiger partial charge on any atom is 0.416 e. The maximum atomic E-state index is 13.0. The van der Waals surface area contributed by atoms with Crippen molar-refractivity contribution in [1.82, 2.24) is 4.90 Å². The van der Waals surface area contributed by atoms with Gasteiger partial charge in [0.25, 0.3) is 11.1 Å². The van der Waals surface area contributed by atoms with E-state index in [9.17, 15) is 32.9 Å². The van der Waals surface area contributed by atoms with E-state index in [0.29, 0.717) is 17.7 Å². The summed E-state index contributed by atoms with van der Waals surface area (Å²) in [6.45, 7) is 2.00. The fourth-order valence-electron chi connectivity index (χ4n) is 3.56. The lowest BCUT2D eigenvalue weighted by Gasteiger charge is -2.14. The molecule has 12 heteroatoms. The minimum Gasteiger partial charge on any atom is -0.490 e. The van der Waals surface area contributed by atoms with Crippen molar-refractivity contribution in [3.63, 3.8) is 0 Å². The highest BCUT2D eigenvalue weighted by atomic mass is 32.2. The van der Waals surface area contributed by atoms with Crippen molar-refractivity contribution in [3.05, 3.63) is 98.4 Å². The van der Waals surface area contributed by atoms with Crippen LogP contribution in [0.3, 0.4) is 0 Å². The van der Waals surface area contributed by atoms with Crippen molar-refractivity contribution in [1.29, 1.82) is 0 Å². The summed E-state index contributed by atoms with van der Waals surface area (Å²) < 4.78 is 50.2. The molecule has 2 amide bonds. The molecule has 0 atom stereocenters. The molecule has 3 aromatic carbocycles. The Morgan fingerprint density at radius 2 is 1.71 bits per heavy atom. The molecule has 1 aliphatic heterocycles. The molecule has 196 valence electrons. The third kappa shape index (κ3) is 5.97. The number of nitro benzene ring substituents is 1. The van der Waals surface area contributed by atoms with Crippen molar-refractivity contribution in [2.75, 3.05) is 6.61 Å². The second-order valence-electron chi connectivity index (χ2n) is 7.93. The first-order valence-electron chi connectivity index (χ1n) is 11.2. The van der Waals surface area contributed by atoms with Gasteiger partial charge in [0.1, 0.15) is 0 Å². The monoisotopic (exact) mass is 544 g/mol. The highest BCUT2D eigenvalue weighted by Gasteiger charge is 2.35. The fraction of sp³-hybridized carbons (Fsp3) is 0.154. The first-order chi connectivity index (χ1) is 18.1. The van der Waals surface area contributed by atoms with Gasteiger partial charge in [-0.25, -0.2) is 0 Å². The molecule has 1 aliphatic rings. The van der Waals surface area contributed by atoms with Gasteiger partial charge in [-0.05, 0) is 60.2 Å². The molecule has 0 aromatic heterocycles. The van der Waals surface area contributed by atoms with Crippen LogP contribution in [0.25, 0.3) is 6.08 Å². The van der Waals surface area contributed by atoms with Gasteiger partial charge in [-0.2, -0.15) is 13.2 Å². The normalized spacial score (nSPS) is 14.7. The molecule has 0 aliphatic carbocycles. The number of ether oxygens (including phenoxy) is 2. The molecule has 1 fully saturated rings. The predicted octanol–water partition coefficient (Wildman–Crippen LogP) is 7.04. The van der Waals surface area contributed by atoms with Crippen LogP contribution in [0.1, 0.15) is 23.6 Å². The number of carbonyl (C=O) groups excluding carboxylic acids is 2. The van der Waals surface area contributed by atoms with E-state index in [1.54, 1.807) is 19.1 Å². The Morgan fingerprint density at radius 1 is 1.00 bits per heavy atom. The van der Waals surface area contributed by atoms with Crippen LogP contribution in [0.2, 0.25) is 0 Å². The third-order valence-electron chi connectivity index (χ3n) is 5.33. The first-order valence-corrected chi connectivity index (χ1v) is 12.0. The summed E-state index contributed by atoms with van der Waals surface area (Å²) in [5.74, 6) is -0.704. The molecule has 0 bridgehead atoms. The highest BCUT2D eigenvalue weighted by Crippen LogP contribution is 2.41. The van der Waals surface area contributed by atoms with Gasteiger partial charge in [-0.1, -0.05) is 36.4 Å². The molecule has 0 N–H and O–H groups in total. The summed E-state index contributed by atoms with van der Waals surface area (Å²) in [4.78, 5) is 37.1. The second kappa shape index (κ2) is 11.0. The topological polar surface area (TPSA) is 99.0 Å². The number of imide groups is 1. The average molecular weight is 545 g/mol. The first kappa shape index (κ1) is 26.7. The number of thioether (sulfide) groups is 1. The number of hydrogen-bond donors (Lipinski definition) is 0. The van der Waals surface area contributed by atoms with E-state index < -0.39 is 39.2 Å². The fourth-order valence-corrected chi connectivity index (χ4v) is 4.40. The van der Waals surface area contributed by atoms with Crippen LogP contribution in [-0.4, -0.2) is 27.6 Å². The largest absolute Gasteiger partial charge is 0.490 e. The Hall–Kier alpha value is -4.32. The van der Waals surface area contributed by atoms with Crippen LogP contribution in [0.15, 0.2) is 71.6 Å². The van der Waals surface area contributed by atoms with E-state index in [0.717, 1.165) is 28.3 Å². The third-order valence-corrected chi connectivity index (χ3v) is 6.23. The Morgan fingerprint density at radius 3 is 2.37 bits per heavy atom. The van der Waals surface area contributed by atoms with Gasteiger partial charge in [0.2, 0.25) is 5.75 Å². The van der Waals surface area contributed by atoms with Crippen molar-refractivity contribution in [2.45, 2.75) is 19.6 Å². The maximum absolute atomic E-state index is 13.0. The van der Waals surface area contributed by atoms with Crippen LogP contribution in [-0.2, 0) is 17.5 Å².